The molecule has 0 aliphatic carbocycles. The van der Waals surface area contributed by atoms with Crippen LogP contribution < -0.4 is 4.18 Å². The fourth-order valence-corrected chi connectivity index (χ4v) is 4.21. The molecule has 11 heteroatoms. The van der Waals surface area contributed by atoms with Crippen molar-refractivity contribution in [2.75, 3.05) is 6.61 Å². The van der Waals surface area contributed by atoms with Crippen LogP contribution in [0.15, 0.2) is 51.8 Å². The number of rotatable bonds is 6. The van der Waals surface area contributed by atoms with Gasteiger partial charge in [-0.2, -0.15) is 8.42 Å². The van der Waals surface area contributed by atoms with Crippen molar-refractivity contribution in [2.45, 2.75) is 17.4 Å². The summed E-state index contributed by atoms with van der Waals surface area (Å²) in [5.74, 6) is -0.777. The lowest BCUT2D eigenvalue weighted by Gasteiger charge is -2.17. The predicted molar refractivity (Wildman–Crippen MR) is 99.1 cm³/mol. The molecule has 2 atom stereocenters. The Bertz CT molecular complexity index is 1020. The second-order valence-corrected chi connectivity index (χ2v) is 8.47. The van der Waals surface area contributed by atoms with E-state index >= 15 is 0 Å². The van der Waals surface area contributed by atoms with Gasteiger partial charge in [0.15, 0.2) is 5.75 Å². The van der Waals surface area contributed by atoms with E-state index in [9.17, 15) is 28.4 Å². The molecule has 28 heavy (non-hydrogen) atoms. The number of halogens is 1. The summed E-state index contributed by atoms with van der Waals surface area (Å²) >= 11 is 3.20. The van der Waals surface area contributed by atoms with Crippen LogP contribution in [0.5, 0.6) is 5.75 Å². The van der Waals surface area contributed by atoms with E-state index in [0.29, 0.717) is 5.56 Å². The summed E-state index contributed by atoms with van der Waals surface area (Å²) in [6.45, 7) is 0.115. The minimum Gasteiger partial charge on any atom is -0.465 e. The number of ether oxygens (including phenoxy) is 1. The van der Waals surface area contributed by atoms with Crippen molar-refractivity contribution in [3.8, 4) is 5.75 Å². The molecule has 0 radical (unpaired) electrons. The summed E-state index contributed by atoms with van der Waals surface area (Å²) in [6.07, 6.45) is -0.853. The molecule has 0 unspecified atom stereocenters. The Labute approximate surface area is 168 Å². The second-order valence-electron chi connectivity index (χ2n) is 6.07. The molecule has 0 saturated carbocycles. The van der Waals surface area contributed by atoms with Gasteiger partial charge in [0, 0.05) is 18.1 Å². The highest BCUT2D eigenvalue weighted by Crippen LogP contribution is 2.35. The molecule has 1 fully saturated rings. The first-order valence-electron chi connectivity index (χ1n) is 7.99. The molecular formula is C17H14BrNO8S. The fraction of sp³-hybridized carbons (Fsp3) is 0.235. The van der Waals surface area contributed by atoms with Crippen molar-refractivity contribution >= 4 is 37.7 Å². The Morgan fingerprint density at radius 2 is 1.93 bits per heavy atom. The number of hydrogen-bond acceptors (Lipinski definition) is 8. The zero-order valence-corrected chi connectivity index (χ0v) is 16.6. The maximum absolute atomic E-state index is 12.4. The maximum atomic E-state index is 12.4. The van der Waals surface area contributed by atoms with E-state index < -0.39 is 21.1 Å². The van der Waals surface area contributed by atoms with Crippen molar-refractivity contribution in [2.24, 2.45) is 5.92 Å². The molecule has 0 bridgehead atoms. The molecule has 9 nitrogen and oxygen atoms in total. The number of carbonyl (C=O) groups is 1. The average molecular weight is 472 g/mol. The van der Waals surface area contributed by atoms with Crippen LogP contribution in [0.4, 0.5) is 5.69 Å². The summed E-state index contributed by atoms with van der Waals surface area (Å²) < 4.78 is 35.0. The van der Waals surface area contributed by atoms with E-state index in [1.807, 2.05) is 0 Å². The Morgan fingerprint density at radius 3 is 2.46 bits per heavy atom. The third-order valence-corrected chi connectivity index (χ3v) is 6.04. The van der Waals surface area contributed by atoms with E-state index in [0.717, 1.165) is 24.3 Å². The summed E-state index contributed by atoms with van der Waals surface area (Å²) in [4.78, 5) is 21.0. The zero-order valence-electron chi connectivity index (χ0n) is 14.1. The molecule has 148 valence electrons. The normalized spacial score (nSPS) is 17.8. The van der Waals surface area contributed by atoms with Gasteiger partial charge in [0.05, 0.1) is 28.5 Å². The minimum absolute atomic E-state index is 0.0203. The summed E-state index contributed by atoms with van der Waals surface area (Å²) in [5, 5.41) is 21.0. The molecular weight excluding hydrogens is 458 g/mol. The number of aliphatic hydroxyl groups excluding tert-OH is 1. The number of carbonyl (C=O) groups excluding carboxylic acids is 1. The number of esters is 1. The molecule has 3 rings (SSSR count). The number of aliphatic hydroxyl groups is 1. The molecule has 1 aliphatic rings. The van der Waals surface area contributed by atoms with Gasteiger partial charge < -0.3 is 14.0 Å². The van der Waals surface area contributed by atoms with Crippen molar-refractivity contribution < 1.29 is 32.2 Å². The first-order chi connectivity index (χ1) is 13.2. The van der Waals surface area contributed by atoms with Crippen molar-refractivity contribution in [1.82, 2.24) is 0 Å². The van der Waals surface area contributed by atoms with E-state index in [-0.39, 0.29) is 45.7 Å². The van der Waals surface area contributed by atoms with Gasteiger partial charge in [0.25, 0.3) is 5.69 Å². The molecule has 0 amide bonds. The van der Waals surface area contributed by atoms with E-state index in [1.165, 1.54) is 18.2 Å². The van der Waals surface area contributed by atoms with Crippen LogP contribution in [-0.2, 0) is 19.6 Å². The Morgan fingerprint density at radius 1 is 1.25 bits per heavy atom. The lowest BCUT2D eigenvalue weighted by atomic mass is 9.95. The third kappa shape index (κ3) is 4.32. The number of hydrogen-bond donors (Lipinski definition) is 1. The van der Waals surface area contributed by atoms with Crippen LogP contribution in [0.3, 0.4) is 0 Å². The molecule has 0 aromatic heterocycles. The molecule has 2 aromatic rings. The fourth-order valence-electron chi connectivity index (χ4n) is 2.68. The Kier molecular flexibility index (Phi) is 5.68. The SMILES string of the molecule is O=C1C[C@@H]([C@@H](O)c2ccc(OS(=O)(=O)c3ccc([N+](=O)[O-])cc3)c(Br)c2)CO1. The molecule has 1 saturated heterocycles. The topological polar surface area (TPSA) is 133 Å². The highest BCUT2D eigenvalue weighted by Gasteiger charge is 2.31. The van der Waals surface area contributed by atoms with Gasteiger partial charge in [-0.15, -0.1) is 0 Å². The van der Waals surface area contributed by atoms with Gasteiger partial charge in [-0.25, -0.2) is 0 Å². The van der Waals surface area contributed by atoms with Crippen molar-refractivity contribution in [3.63, 3.8) is 0 Å². The monoisotopic (exact) mass is 471 g/mol. The predicted octanol–water partition coefficient (Wildman–Crippen LogP) is 2.72. The zero-order chi connectivity index (χ0) is 20.5. The van der Waals surface area contributed by atoms with Crippen LogP contribution in [-0.4, -0.2) is 31.0 Å². The van der Waals surface area contributed by atoms with Crippen LogP contribution in [0.2, 0.25) is 0 Å². The van der Waals surface area contributed by atoms with Gasteiger partial charge in [0.1, 0.15) is 4.90 Å². The number of nitro groups is 1. The lowest BCUT2D eigenvalue weighted by Crippen LogP contribution is -2.13. The van der Waals surface area contributed by atoms with Gasteiger partial charge in [0.2, 0.25) is 0 Å². The molecule has 1 heterocycles. The van der Waals surface area contributed by atoms with Crippen LogP contribution >= 0.6 is 15.9 Å². The Hall–Kier alpha value is -2.50. The van der Waals surface area contributed by atoms with E-state index in [1.54, 1.807) is 0 Å². The van der Waals surface area contributed by atoms with Crippen molar-refractivity contribution in [1.29, 1.82) is 0 Å². The summed E-state index contributed by atoms with van der Waals surface area (Å²) in [6, 6.07) is 8.63. The largest absolute Gasteiger partial charge is 0.465 e. The average Bonchev–Trinajstić information content (AvgIpc) is 3.09. The third-order valence-electron chi connectivity index (χ3n) is 4.17. The summed E-state index contributed by atoms with van der Waals surface area (Å²) in [5.41, 5.74) is 0.225. The number of non-ortho nitro benzene ring substituents is 1. The highest BCUT2D eigenvalue weighted by molar-refractivity contribution is 9.10. The van der Waals surface area contributed by atoms with Crippen LogP contribution in [0, 0.1) is 16.0 Å². The van der Waals surface area contributed by atoms with Crippen LogP contribution in [0.25, 0.3) is 0 Å². The first-order valence-corrected chi connectivity index (χ1v) is 10.2. The van der Waals surface area contributed by atoms with E-state index in [2.05, 4.69) is 15.9 Å². The first kappa shape index (κ1) is 20.2. The van der Waals surface area contributed by atoms with Crippen LogP contribution in [0.1, 0.15) is 18.1 Å². The molecule has 0 spiro atoms. The number of nitrogens with zero attached hydrogens (tertiary/aromatic N) is 1. The van der Waals surface area contributed by atoms with Gasteiger partial charge in [-0.3, -0.25) is 14.9 Å². The maximum Gasteiger partial charge on any atom is 0.339 e. The van der Waals surface area contributed by atoms with Gasteiger partial charge >= 0.3 is 16.1 Å². The lowest BCUT2D eigenvalue weighted by molar-refractivity contribution is -0.384. The van der Waals surface area contributed by atoms with E-state index in [4.69, 9.17) is 8.92 Å². The van der Waals surface area contributed by atoms with Gasteiger partial charge in [-0.1, -0.05) is 6.07 Å². The minimum atomic E-state index is -4.21. The second kappa shape index (κ2) is 7.86. The Balaban J connectivity index is 1.78. The molecule has 1 N–H and O–H groups in total. The molecule has 2 aromatic carbocycles. The number of cyclic esters (lactones) is 1. The quantitative estimate of drug-likeness (QED) is 0.294. The van der Waals surface area contributed by atoms with Gasteiger partial charge in [-0.05, 0) is 45.8 Å². The summed E-state index contributed by atoms with van der Waals surface area (Å²) in [7, 11) is -4.21. The number of benzene rings is 2. The number of nitro benzene ring substituents is 1. The smallest absolute Gasteiger partial charge is 0.339 e. The standard InChI is InChI=1S/C17H14BrNO8S/c18-14-7-10(17(21)11-8-16(20)26-9-11)1-6-15(14)27-28(24,25)13-4-2-12(3-5-13)19(22)23/h1-7,11,17,21H,8-9H2/t11-,17+/m1/s1. The molecule has 1 aliphatic heterocycles. The highest BCUT2D eigenvalue weighted by atomic mass is 79.9. The van der Waals surface area contributed by atoms with Crippen molar-refractivity contribution in [3.05, 3.63) is 62.6 Å².